The van der Waals surface area contributed by atoms with Crippen molar-refractivity contribution in [3.8, 4) is 0 Å². The minimum Gasteiger partial charge on any atom is -0.315 e. The van der Waals surface area contributed by atoms with E-state index in [1.807, 2.05) is 0 Å². The SMILES string of the molecule is CC(C)CNCCNCc1ccc(Br)c(C(F)(F)F)c1. The lowest BCUT2D eigenvalue weighted by atomic mass is 10.1. The highest BCUT2D eigenvalue weighted by Gasteiger charge is 2.32. The van der Waals surface area contributed by atoms with E-state index in [1.165, 1.54) is 12.1 Å². The van der Waals surface area contributed by atoms with E-state index in [9.17, 15) is 13.2 Å². The molecule has 0 radical (unpaired) electrons. The van der Waals surface area contributed by atoms with Crippen LogP contribution in [0.15, 0.2) is 22.7 Å². The molecule has 1 aromatic rings. The lowest BCUT2D eigenvalue weighted by Crippen LogP contribution is -2.29. The highest BCUT2D eigenvalue weighted by molar-refractivity contribution is 9.10. The van der Waals surface area contributed by atoms with E-state index in [1.54, 1.807) is 6.07 Å². The predicted octanol–water partition coefficient (Wildman–Crippen LogP) is 3.80. The van der Waals surface area contributed by atoms with E-state index < -0.39 is 11.7 Å². The maximum Gasteiger partial charge on any atom is 0.417 e. The van der Waals surface area contributed by atoms with Gasteiger partial charge in [-0.15, -0.1) is 0 Å². The van der Waals surface area contributed by atoms with Crippen LogP contribution in [-0.2, 0) is 12.7 Å². The Morgan fingerprint density at radius 2 is 1.80 bits per heavy atom. The molecule has 2 nitrogen and oxygen atoms in total. The number of rotatable bonds is 7. The first-order chi connectivity index (χ1) is 9.30. The van der Waals surface area contributed by atoms with E-state index in [2.05, 4.69) is 40.4 Å². The Balaban J connectivity index is 2.41. The number of benzene rings is 1. The third-order valence-corrected chi connectivity index (χ3v) is 3.39. The lowest BCUT2D eigenvalue weighted by Gasteiger charge is -2.12. The molecule has 0 aliphatic rings. The standard InChI is InChI=1S/C14H20BrF3N2/c1-10(2)8-19-5-6-20-9-11-3-4-13(15)12(7-11)14(16,17)18/h3-4,7,10,19-20H,5-6,8-9H2,1-2H3. The quantitative estimate of drug-likeness (QED) is 0.729. The predicted molar refractivity (Wildman–Crippen MR) is 78.6 cm³/mol. The maximum absolute atomic E-state index is 12.7. The fourth-order valence-electron chi connectivity index (χ4n) is 1.70. The fraction of sp³-hybridized carbons (Fsp3) is 0.571. The molecule has 0 saturated carbocycles. The Kier molecular flexibility index (Phi) is 6.99. The molecule has 0 heterocycles. The maximum atomic E-state index is 12.7. The van der Waals surface area contributed by atoms with E-state index in [0.29, 0.717) is 18.0 Å². The normalized spacial score (nSPS) is 12.2. The van der Waals surface area contributed by atoms with E-state index in [4.69, 9.17) is 0 Å². The van der Waals surface area contributed by atoms with Gasteiger partial charge >= 0.3 is 6.18 Å². The van der Waals surface area contributed by atoms with E-state index >= 15 is 0 Å². The summed E-state index contributed by atoms with van der Waals surface area (Å²) in [7, 11) is 0. The smallest absolute Gasteiger partial charge is 0.315 e. The van der Waals surface area contributed by atoms with Gasteiger partial charge in [0.05, 0.1) is 5.56 Å². The zero-order valence-corrected chi connectivity index (χ0v) is 13.2. The molecule has 0 unspecified atom stereocenters. The first-order valence-electron chi connectivity index (χ1n) is 6.57. The highest BCUT2D eigenvalue weighted by Crippen LogP contribution is 2.35. The van der Waals surface area contributed by atoms with Crippen molar-refractivity contribution in [2.45, 2.75) is 26.6 Å². The van der Waals surface area contributed by atoms with Crippen LogP contribution in [0.25, 0.3) is 0 Å². The molecular weight excluding hydrogens is 333 g/mol. The largest absolute Gasteiger partial charge is 0.417 e. The molecule has 0 atom stereocenters. The van der Waals surface area contributed by atoms with Crippen LogP contribution in [0.2, 0.25) is 0 Å². The summed E-state index contributed by atoms with van der Waals surface area (Å²) in [5, 5.41) is 6.39. The van der Waals surface area contributed by atoms with Gasteiger partial charge in [0.2, 0.25) is 0 Å². The summed E-state index contributed by atoms with van der Waals surface area (Å²) in [6, 6.07) is 4.31. The second kappa shape index (κ2) is 8.00. The topological polar surface area (TPSA) is 24.1 Å². The van der Waals surface area contributed by atoms with Gasteiger partial charge in [0, 0.05) is 24.1 Å². The summed E-state index contributed by atoms with van der Waals surface area (Å²) in [5.74, 6) is 0.593. The molecular formula is C14H20BrF3N2. The second-order valence-corrected chi connectivity index (χ2v) is 5.94. The molecule has 114 valence electrons. The van der Waals surface area contributed by atoms with E-state index in [-0.39, 0.29) is 4.47 Å². The van der Waals surface area contributed by atoms with Crippen molar-refractivity contribution in [2.75, 3.05) is 19.6 Å². The molecule has 0 spiro atoms. The molecule has 0 amide bonds. The molecule has 0 saturated heterocycles. The van der Waals surface area contributed by atoms with Crippen molar-refractivity contribution in [1.82, 2.24) is 10.6 Å². The third kappa shape index (κ3) is 6.24. The van der Waals surface area contributed by atoms with E-state index in [0.717, 1.165) is 19.6 Å². The third-order valence-electron chi connectivity index (χ3n) is 2.70. The van der Waals surface area contributed by atoms with Gasteiger partial charge in [0.1, 0.15) is 0 Å². The molecule has 0 aliphatic heterocycles. The summed E-state index contributed by atoms with van der Waals surface area (Å²) < 4.78 is 38.3. The minimum absolute atomic E-state index is 0.0763. The van der Waals surface area contributed by atoms with Crippen LogP contribution in [0.1, 0.15) is 25.0 Å². The highest BCUT2D eigenvalue weighted by atomic mass is 79.9. The Labute approximate surface area is 126 Å². The van der Waals surface area contributed by atoms with Gasteiger partial charge in [-0.1, -0.05) is 35.8 Å². The van der Waals surface area contributed by atoms with Gasteiger partial charge in [-0.05, 0) is 30.2 Å². The van der Waals surface area contributed by atoms with Crippen LogP contribution in [0.5, 0.6) is 0 Å². The number of nitrogens with one attached hydrogen (secondary N) is 2. The second-order valence-electron chi connectivity index (χ2n) is 5.09. The summed E-state index contributed by atoms with van der Waals surface area (Å²) in [6.45, 7) is 7.16. The van der Waals surface area contributed by atoms with Gasteiger partial charge in [-0.3, -0.25) is 0 Å². The Bertz CT molecular complexity index is 419. The summed E-state index contributed by atoms with van der Waals surface area (Å²) >= 11 is 2.93. The Morgan fingerprint density at radius 3 is 2.40 bits per heavy atom. The minimum atomic E-state index is -4.33. The monoisotopic (exact) mass is 352 g/mol. The van der Waals surface area contributed by atoms with Gasteiger partial charge in [0.25, 0.3) is 0 Å². The zero-order valence-electron chi connectivity index (χ0n) is 11.6. The van der Waals surface area contributed by atoms with Gasteiger partial charge < -0.3 is 10.6 Å². The molecule has 1 aromatic carbocycles. The molecule has 0 aromatic heterocycles. The number of hydrogen-bond donors (Lipinski definition) is 2. The van der Waals surface area contributed by atoms with Crippen molar-refractivity contribution in [3.05, 3.63) is 33.8 Å². The van der Waals surface area contributed by atoms with Crippen molar-refractivity contribution in [2.24, 2.45) is 5.92 Å². The molecule has 1 rings (SSSR count). The lowest BCUT2D eigenvalue weighted by molar-refractivity contribution is -0.138. The summed E-state index contributed by atoms with van der Waals surface area (Å²) in [6.07, 6.45) is -4.33. The van der Waals surface area contributed by atoms with Gasteiger partial charge in [-0.2, -0.15) is 13.2 Å². The van der Waals surface area contributed by atoms with Crippen LogP contribution in [0.3, 0.4) is 0 Å². The summed E-state index contributed by atoms with van der Waals surface area (Å²) in [4.78, 5) is 0. The Morgan fingerprint density at radius 1 is 1.15 bits per heavy atom. The van der Waals surface area contributed by atoms with Crippen molar-refractivity contribution < 1.29 is 13.2 Å². The first kappa shape index (κ1) is 17.5. The van der Waals surface area contributed by atoms with Crippen LogP contribution >= 0.6 is 15.9 Å². The van der Waals surface area contributed by atoms with Gasteiger partial charge in [-0.25, -0.2) is 0 Å². The molecule has 20 heavy (non-hydrogen) atoms. The Hall–Kier alpha value is -0.590. The van der Waals surface area contributed by atoms with Crippen LogP contribution in [0.4, 0.5) is 13.2 Å². The van der Waals surface area contributed by atoms with Gasteiger partial charge in [0.15, 0.2) is 0 Å². The first-order valence-corrected chi connectivity index (χ1v) is 7.37. The number of hydrogen-bond acceptors (Lipinski definition) is 2. The van der Waals surface area contributed by atoms with Crippen LogP contribution in [-0.4, -0.2) is 19.6 Å². The van der Waals surface area contributed by atoms with Crippen LogP contribution < -0.4 is 10.6 Å². The van der Waals surface area contributed by atoms with Crippen molar-refractivity contribution in [3.63, 3.8) is 0 Å². The number of halogens is 4. The average molecular weight is 353 g/mol. The average Bonchev–Trinajstić information content (AvgIpc) is 2.33. The fourth-order valence-corrected chi connectivity index (χ4v) is 2.17. The molecule has 0 aliphatic carbocycles. The molecule has 0 fully saturated rings. The van der Waals surface area contributed by atoms with Crippen molar-refractivity contribution in [1.29, 1.82) is 0 Å². The summed E-state index contributed by atoms with van der Waals surface area (Å²) in [5.41, 5.74) is -0.000817. The van der Waals surface area contributed by atoms with Crippen LogP contribution in [0, 0.1) is 5.92 Å². The van der Waals surface area contributed by atoms with Crippen molar-refractivity contribution >= 4 is 15.9 Å². The molecule has 6 heteroatoms. The molecule has 0 bridgehead atoms. The zero-order chi connectivity index (χ0) is 15.2. The molecule has 2 N–H and O–H groups in total. The number of alkyl halides is 3.